The van der Waals surface area contributed by atoms with E-state index in [9.17, 15) is 0 Å². The maximum Gasteiger partial charge on any atom is 0.0355 e. The highest BCUT2D eigenvalue weighted by Crippen LogP contribution is 2.40. The summed E-state index contributed by atoms with van der Waals surface area (Å²) in [5.41, 5.74) is 6.41. The molecule has 1 atom stereocenters. The van der Waals surface area contributed by atoms with Gasteiger partial charge in [0.05, 0.1) is 0 Å². The molecule has 0 bridgehead atoms. The number of thiophene rings is 1. The first kappa shape index (κ1) is 16.3. The SMILES string of the molecule is C=C(c1ccc(-c2cc3ccccc3s2)cc1)C1CC=Cc2ccccc21. The highest BCUT2D eigenvalue weighted by atomic mass is 32.1. The van der Waals surface area contributed by atoms with E-state index in [1.54, 1.807) is 0 Å². The van der Waals surface area contributed by atoms with E-state index in [1.165, 1.54) is 42.8 Å². The molecule has 1 aromatic heterocycles. The summed E-state index contributed by atoms with van der Waals surface area (Å²) in [5, 5.41) is 1.32. The van der Waals surface area contributed by atoms with E-state index in [-0.39, 0.29) is 0 Å². The number of hydrogen-bond donors (Lipinski definition) is 0. The second kappa shape index (κ2) is 6.68. The molecule has 0 fully saturated rings. The van der Waals surface area contributed by atoms with Crippen molar-refractivity contribution in [2.24, 2.45) is 0 Å². The molecule has 130 valence electrons. The Hall–Kier alpha value is -2.90. The van der Waals surface area contributed by atoms with Gasteiger partial charge in [-0.3, -0.25) is 0 Å². The summed E-state index contributed by atoms with van der Waals surface area (Å²) in [6.07, 6.45) is 5.52. The molecule has 5 rings (SSSR count). The second-order valence-corrected chi connectivity index (χ2v) is 8.15. The van der Waals surface area contributed by atoms with Crippen LogP contribution in [-0.2, 0) is 0 Å². The molecule has 3 aromatic carbocycles. The van der Waals surface area contributed by atoms with Gasteiger partial charge in [0, 0.05) is 15.5 Å². The molecule has 0 amide bonds. The molecule has 0 nitrogen and oxygen atoms in total. The normalized spacial score (nSPS) is 15.6. The molecule has 1 heterocycles. The van der Waals surface area contributed by atoms with Crippen molar-refractivity contribution in [1.29, 1.82) is 0 Å². The Balaban J connectivity index is 1.45. The number of benzene rings is 3. The van der Waals surface area contributed by atoms with Crippen molar-refractivity contribution in [3.63, 3.8) is 0 Å². The highest BCUT2D eigenvalue weighted by molar-refractivity contribution is 7.22. The summed E-state index contributed by atoms with van der Waals surface area (Å²) < 4.78 is 1.34. The number of allylic oxidation sites excluding steroid dienone is 2. The molecule has 27 heavy (non-hydrogen) atoms. The maximum absolute atomic E-state index is 4.45. The monoisotopic (exact) mass is 364 g/mol. The molecule has 0 N–H and O–H groups in total. The lowest BCUT2D eigenvalue weighted by atomic mass is 9.80. The van der Waals surface area contributed by atoms with Crippen LogP contribution in [-0.4, -0.2) is 0 Å². The average Bonchev–Trinajstić information content (AvgIpc) is 3.17. The van der Waals surface area contributed by atoms with Crippen molar-refractivity contribution in [2.75, 3.05) is 0 Å². The Morgan fingerprint density at radius 2 is 1.67 bits per heavy atom. The zero-order chi connectivity index (χ0) is 18.2. The number of hydrogen-bond acceptors (Lipinski definition) is 1. The first-order chi connectivity index (χ1) is 13.3. The lowest BCUT2D eigenvalue weighted by Gasteiger charge is -2.24. The fourth-order valence-corrected chi connectivity index (χ4v) is 5.01. The molecule has 1 aliphatic rings. The minimum atomic E-state index is 0.362. The zero-order valence-corrected chi connectivity index (χ0v) is 15.9. The summed E-state index contributed by atoms with van der Waals surface area (Å²) >= 11 is 1.85. The third-order valence-electron chi connectivity index (χ3n) is 5.43. The van der Waals surface area contributed by atoms with Crippen LogP contribution in [0, 0.1) is 0 Å². The van der Waals surface area contributed by atoms with E-state index in [0.717, 1.165) is 6.42 Å². The first-order valence-electron chi connectivity index (χ1n) is 9.33. The Morgan fingerprint density at radius 3 is 2.52 bits per heavy atom. The first-order valence-corrected chi connectivity index (χ1v) is 10.1. The average molecular weight is 365 g/mol. The van der Waals surface area contributed by atoms with Gasteiger partial charge in [0.25, 0.3) is 0 Å². The molecular weight excluding hydrogens is 344 g/mol. The van der Waals surface area contributed by atoms with Gasteiger partial charge in [-0.25, -0.2) is 0 Å². The van der Waals surface area contributed by atoms with Gasteiger partial charge in [0.15, 0.2) is 0 Å². The van der Waals surface area contributed by atoms with Crippen LogP contribution >= 0.6 is 11.3 Å². The molecule has 1 unspecified atom stereocenters. The van der Waals surface area contributed by atoms with Gasteiger partial charge in [-0.2, -0.15) is 0 Å². The predicted molar refractivity (Wildman–Crippen MR) is 119 cm³/mol. The summed E-state index contributed by atoms with van der Waals surface area (Å²) in [6.45, 7) is 4.45. The fourth-order valence-electron chi connectivity index (χ4n) is 3.94. The van der Waals surface area contributed by atoms with E-state index in [2.05, 4.69) is 97.6 Å². The molecule has 0 radical (unpaired) electrons. The molecular formula is C26H20S. The van der Waals surface area contributed by atoms with Gasteiger partial charge < -0.3 is 0 Å². The smallest absolute Gasteiger partial charge is 0.0355 e. The predicted octanol–water partition coefficient (Wildman–Crippen LogP) is 7.78. The number of fused-ring (bicyclic) bond motifs is 2. The Labute approximate surface area is 164 Å². The standard InChI is InChI=1S/C26H20S/c1-18(23-11-6-9-20-7-2-4-10-24(20)23)19-13-15-21(16-14-19)26-17-22-8-3-5-12-25(22)27-26/h2-10,12-17,23H,1,11H2. The van der Waals surface area contributed by atoms with E-state index in [4.69, 9.17) is 0 Å². The lowest BCUT2D eigenvalue weighted by molar-refractivity contribution is 0.873. The molecule has 1 aliphatic carbocycles. The van der Waals surface area contributed by atoms with Gasteiger partial charge in [0.1, 0.15) is 0 Å². The van der Waals surface area contributed by atoms with Crippen LogP contribution in [0.1, 0.15) is 29.0 Å². The molecule has 0 saturated carbocycles. The molecule has 4 aromatic rings. The minimum absolute atomic E-state index is 0.362. The summed E-state index contributed by atoms with van der Waals surface area (Å²) in [5.74, 6) is 0.362. The summed E-state index contributed by atoms with van der Waals surface area (Å²) in [7, 11) is 0. The van der Waals surface area contributed by atoms with E-state index < -0.39 is 0 Å². The quantitative estimate of drug-likeness (QED) is 0.348. The lowest BCUT2D eigenvalue weighted by Crippen LogP contribution is -2.05. The summed E-state index contributed by atoms with van der Waals surface area (Å²) in [6, 6.07) is 28.4. The van der Waals surface area contributed by atoms with Gasteiger partial charge >= 0.3 is 0 Å². The molecule has 1 heteroatoms. The van der Waals surface area contributed by atoms with Crippen molar-refractivity contribution in [2.45, 2.75) is 12.3 Å². The fraction of sp³-hybridized carbons (Fsp3) is 0.0769. The molecule has 0 aliphatic heterocycles. The van der Waals surface area contributed by atoms with Gasteiger partial charge in [-0.15, -0.1) is 11.3 Å². The van der Waals surface area contributed by atoms with Crippen molar-refractivity contribution in [3.8, 4) is 10.4 Å². The van der Waals surface area contributed by atoms with Crippen molar-refractivity contribution in [1.82, 2.24) is 0 Å². The van der Waals surface area contributed by atoms with Crippen LogP contribution in [0.4, 0.5) is 0 Å². The van der Waals surface area contributed by atoms with Crippen LogP contribution in [0.25, 0.3) is 32.2 Å². The Kier molecular flexibility index (Phi) is 4.03. The topological polar surface area (TPSA) is 0 Å². The largest absolute Gasteiger partial charge is 0.135 e. The number of rotatable bonds is 3. The van der Waals surface area contributed by atoms with E-state index >= 15 is 0 Å². The van der Waals surface area contributed by atoms with E-state index in [1.807, 2.05) is 11.3 Å². The van der Waals surface area contributed by atoms with Crippen molar-refractivity contribution < 1.29 is 0 Å². The minimum Gasteiger partial charge on any atom is -0.135 e. The van der Waals surface area contributed by atoms with Crippen molar-refractivity contribution in [3.05, 3.63) is 108 Å². The van der Waals surface area contributed by atoms with Crippen LogP contribution in [0.3, 0.4) is 0 Å². The third kappa shape index (κ3) is 2.94. The van der Waals surface area contributed by atoms with Crippen LogP contribution in [0.5, 0.6) is 0 Å². The Morgan fingerprint density at radius 1 is 0.889 bits per heavy atom. The second-order valence-electron chi connectivity index (χ2n) is 7.07. The summed E-state index contributed by atoms with van der Waals surface area (Å²) in [4.78, 5) is 1.32. The van der Waals surface area contributed by atoms with Gasteiger partial charge in [-0.1, -0.05) is 85.5 Å². The van der Waals surface area contributed by atoms with Gasteiger partial charge in [0.2, 0.25) is 0 Å². The Bertz CT molecular complexity index is 1130. The zero-order valence-electron chi connectivity index (χ0n) is 15.1. The van der Waals surface area contributed by atoms with Crippen LogP contribution in [0.2, 0.25) is 0 Å². The van der Waals surface area contributed by atoms with E-state index in [0.29, 0.717) is 5.92 Å². The highest BCUT2D eigenvalue weighted by Gasteiger charge is 2.20. The van der Waals surface area contributed by atoms with Gasteiger partial charge in [-0.05, 0) is 51.8 Å². The molecule has 0 spiro atoms. The molecule has 0 saturated heterocycles. The maximum atomic E-state index is 4.45. The third-order valence-corrected chi connectivity index (χ3v) is 6.59. The van der Waals surface area contributed by atoms with Crippen molar-refractivity contribution >= 4 is 33.1 Å². The van der Waals surface area contributed by atoms with Crippen LogP contribution < -0.4 is 0 Å². The van der Waals surface area contributed by atoms with Crippen LogP contribution in [0.15, 0.2) is 91.5 Å².